The van der Waals surface area contributed by atoms with Crippen LogP contribution in [0.1, 0.15) is 80.1 Å². The quantitative estimate of drug-likeness (QED) is 0.778. The van der Waals surface area contributed by atoms with Gasteiger partial charge in [-0.2, -0.15) is 0 Å². The van der Waals surface area contributed by atoms with E-state index in [0.29, 0.717) is 24.0 Å². The van der Waals surface area contributed by atoms with Crippen molar-refractivity contribution in [2.24, 2.45) is 39.9 Å². The van der Waals surface area contributed by atoms with Gasteiger partial charge in [-0.1, -0.05) is 41.5 Å². The third-order valence-electron chi connectivity index (χ3n) is 9.03. The molecule has 0 aromatic heterocycles. The van der Waals surface area contributed by atoms with E-state index in [1.165, 1.54) is 0 Å². The Kier molecular flexibility index (Phi) is 5.15. The first-order chi connectivity index (χ1) is 12.0. The van der Waals surface area contributed by atoms with Crippen molar-refractivity contribution >= 4 is 5.78 Å². The molecule has 3 saturated carbocycles. The van der Waals surface area contributed by atoms with Crippen LogP contribution in [0.5, 0.6) is 0 Å². The van der Waals surface area contributed by atoms with Crippen LogP contribution in [-0.4, -0.2) is 30.2 Å². The van der Waals surface area contributed by atoms with E-state index in [-0.39, 0.29) is 28.8 Å². The molecule has 0 aromatic rings. The molecule has 8 atom stereocenters. The maximum Gasteiger partial charge on any atom is 0.142 e. The number of hydrogen-bond acceptors (Lipinski definition) is 3. The summed E-state index contributed by atoms with van der Waals surface area (Å²) in [5.74, 6) is 1.63. The van der Waals surface area contributed by atoms with Crippen molar-refractivity contribution in [3.05, 3.63) is 0 Å². The van der Waals surface area contributed by atoms with Crippen LogP contribution < -0.4 is 0 Å². The lowest BCUT2D eigenvalue weighted by molar-refractivity contribution is -0.192. The maximum absolute atomic E-state index is 13.8. The summed E-state index contributed by atoms with van der Waals surface area (Å²) in [6.07, 6.45) is 5.49. The van der Waals surface area contributed by atoms with Gasteiger partial charge in [0.2, 0.25) is 0 Å². The monoisotopic (exact) mass is 364 g/mol. The highest BCUT2D eigenvalue weighted by Crippen LogP contribution is 2.68. The van der Waals surface area contributed by atoms with Crippen molar-refractivity contribution in [1.29, 1.82) is 0 Å². The van der Waals surface area contributed by atoms with E-state index in [9.17, 15) is 9.90 Å². The molecule has 0 amide bonds. The molecule has 150 valence electrons. The molecule has 3 aliphatic carbocycles. The van der Waals surface area contributed by atoms with E-state index in [1.807, 2.05) is 7.11 Å². The van der Waals surface area contributed by atoms with Gasteiger partial charge >= 0.3 is 0 Å². The number of hydrogen-bond donors (Lipinski definition) is 1. The standard InChI is InChI=1S/C23H40O3/c1-14(2)12-21(5)13-18(24)22(6)15(3)8-10-23(16(4)20(21)25)11-9-17(26-7)19(22)23/h14-19,24H,8-13H2,1-7H3/t15-,16+,17?,18-,19?,21-,22+,23?/m1/s1. The van der Waals surface area contributed by atoms with Crippen LogP contribution in [0, 0.1) is 39.9 Å². The molecule has 0 radical (unpaired) electrons. The van der Waals surface area contributed by atoms with E-state index in [4.69, 9.17) is 4.74 Å². The van der Waals surface area contributed by atoms with Crippen molar-refractivity contribution in [3.8, 4) is 0 Å². The van der Waals surface area contributed by atoms with Crippen LogP contribution in [-0.2, 0) is 9.53 Å². The number of carbonyl (C=O) groups is 1. The fourth-order valence-electron chi connectivity index (χ4n) is 7.61. The molecule has 3 aliphatic rings. The van der Waals surface area contributed by atoms with E-state index in [2.05, 4.69) is 41.5 Å². The number of carbonyl (C=O) groups excluding carboxylic acids is 1. The molecule has 3 unspecified atom stereocenters. The summed E-state index contributed by atoms with van der Waals surface area (Å²) in [6.45, 7) is 13.3. The Morgan fingerprint density at radius 2 is 1.81 bits per heavy atom. The molecule has 0 heterocycles. The van der Waals surface area contributed by atoms with Gasteiger partial charge in [0, 0.05) is 23.9 Å². The highest BCUT2D eigenvalue weighted by molar-refractivity contribution is 5.87. The van der Waals surface area contributed by atoms with Gasteiger partial charge in [-0.05, 0) is 61.7 Å². The predicted molar refractivity (Wildman–Crippen MR) is 105 cm³/mol. The average molecular weight is 365 g/mol. The summed E-state index contributed by atoms with van der Waals surface area (Å²) in [6, 6.07) is 0. The first-order valence-electron chi connectivity index (χ1n) is 10.8. The Labute approximate surface area is 160 Å². The smallest absolute Gasteiger partial charge is 0.142 e. The second-order valence-corrected chi connectivity index (χ2v) is 10.8. The number of aliphatic hydroxyl groups is 1. The van der Waals surface area contributed by atoms with Crippen molar-refractivity contribution in [2.45, 2.75) is 92.3 Å². The first kappa shape index (κ1) is 20.3. The number of ketones is 1. The van der Waals surface area contributed by atoms with Gasteiger partial charge in [-0.25, -0.2) is 0 Å². The Balaban J connectivity index is 2.15. The Bertz CT molecular complexity index is 558. The highest BCUT2D eigenvalue weighted by Gasteiger charge is 2.67. The molecule has 3 fully saturated rings. The van der Waals surface area contributed by atoms with Gasteiger partial charge < -0.3 is 9.84 Å². The average Bonchev–Trinajstić information content (AvgIpc) is 2.96. The van der Waals surface area contributed by atoms with E-state index >= 15 is 0 Å². The zero-order chi connectivity index (χ0) is 19.5. The lowest BCUT2D eigenvalue weighted by atomic mass is 9.43. The molecular weight excluding hydrogens is 324 g/mol. The predicted octanol–water partition coefficient (Wildman–Crippen LogP) is 4.86. The van der Waals surface area contributed by atoms with Gasteiger partial charge in [0.05, 0.1) is 12.2 Å². The number of rotatable bonds is 3. The molecule has 3 heteroatoms. The van der Waals surface area contributed by atoms with E-state index in [0.717, 1.165) is 32.1 Å². The first-order valence-corrected chi connectivity index (χ1v) is 10.8. The lowest BCUT2D eigenvalue weighted by Gasteiger charge is -2.61. The SMILES string of the molecule is COC1CCC23CC[C@@H](C)[C@](C)(C12)[C@H](O)C[C@@](C)(CC(C)C)C(=O)[C@@H]3C. The number of Topliss-reactive ketones (excluding diaryl/α,β-unsaturated/α-hetero) is 1. The summed E-state index contributed by atoms with van der Waals surface area (Å²) in [5.41, 5.74) is -0.601. The van der Waals surface area contributed by atoms with Gasteiger partial charge in [0.25, 0.3) is 0 Å². The molecule has 0 spiro atoms. The van der Waals surface area contributed by atoms with Crippen LogP contribution >= 0.6 is 0 Å². The van der Waals surface area contributed by atoms with Crippen molar-refractivity contribution in [3.63, 3.8) is 0 Å². The Morgan fingerprint density at radius 3 is 2.38 bits per heavy atom. The molecule has 0 aliphatic heterocycles. The molecule has 26 heavy (non-hydrogen) atoms. The summed E-state index contributed by atoms with van der Waals surface area (Å²) >= 11 is 0. The summed E-state index contributed by atoms with van der Waals surface area (Å²) < 4.78 is 5.95. The molecule has 0 aromatic carbocycles. The maximum atomic E-state index is 13.8. The second kappa shape index (κ2) is 6.58. The molecular formula is C23H40O3. The van der Waals surface area contributed by atoms with Crippen molar-refractivity contribution in [2.75, 3.05) is 7.11 Å². The molecule has 3 nitrogen and oxygen atoms in total. The van der Waals surface area contributed by atoms with Crippen LogP contribution in [0.4, 0.5) is 0 Å². The van der Waals surface area contributed by atoms with Gasteiger partial charge in [0.15, 0.2) is 0 Å². The van der Waals surface area contributed by atoms with Crippen LogP contribution in [0.3, 0.4) is 0 Å². The minimum atomic E-state index is -0.446. The minimum Gasteiger partial charge on any atom is -0.393 e. The summed E-state index contributed by atoms with van der Waals surface area (Å²) in [7, 11) is 1.81. The van der Waals surface area contributed by atoms with E-state index in [1.54, 1.807) is 0 Å². The highest BCUT2D eigenvalue weighted by atomic mass is 16.5. The molecule has 0 saturated heterocycles. The number of ether oxygens (including phenoxy) is 1. The Hall–Kier alpha value is -0.410. The van der Waals surface area contributed by atoms with E-state index < -0.39 is 11.5 Å². The zero-order valence-corrected chi connectivity index (χ0v) is 18.0. The molecule has 2 bridgehead atoms. The molecule has 1 N–H and O–H groups in total. The number of methoxy groups -OCH3 is 1. The summed E-state index contributed by atoms with van der Waals surface area (Å²) in [4.78, 5) is 13.8. The van der Waals surface area contributed by atoms with Crippen LogP contribution in [0.25, 0.3) is 0 Å². The van der Waals surface area contributed by atoms with Gasteiger partial charge in [0.1, 0.15) is 5.78 Å². The molecule has 3 rings (SSSR count). The normalized spacial score (nSPS) is 51.9. The largest absolute Gasteiger partial charge is 0.393 e. The fraction of sp³-hybridized carbons (Fsp3) is 0.957. The third-order valence-corrected chi connectivity index (χ3v) is 9.03. The van der Waals surface area contributed by atoms with Gasteiger partial charge in [-0.3, -0.25) is 4.79 Å². The third kappa shape index (κ3) is 2.64. The Morgan fingerprint density at radius 1 is 1.19 bits per heavy atom. The van der Waals surface area contributed by atoms with Crippen molar-refractivity contribution in [1.82, 2.24) is 0 Å². The minimum absolute atomic E-state index is 0.00133. The van der Waals surface area contributed by atoms with Crippen molar-refractivity contribution < 1.29 is 14.6 Å². The summed E-state index contributed by atoms with van der Waals surface area (Å²) in [5, 5.41) is 11.6. The van der Waals surface area contributed by atoms with Gasteiger partial charge in [-0.15, -0.1) is 0 Å². The van der Waals surface area contributed by atoms with Crippen LogP contribution in [0.2, 0.25) is 0 Å². The topological polar surface area (TPSA) is 46.5 Å². The zero-order valence-electron chi connectivity index (χ0n) is 18.0. The lowest BCUT2D eigenvalue weighted by Crippen LogP contribution is -2.62. The number of aliphatic hydroxyl groups excluding tert-OH is 1. The second-order valence-electron chi connectivity index (χ2n) is 10.8. The fourth-order valence-corrected chi connectivity index (χ4v) is 7.61. The van der Waals surface area contributed by atoms with Crippen LogP contribution in [0.15, 0.2) is 0 Å².